The Morgan fingerprint density at radius 1 is 1.07 bits per heavy atom. The molecule has 0 saturated carbocycles. The van der Waals surface area contributed by atoms with Gasteiger partial charge >= 0.3 is 0 Å². The first-order chi connectivity index (χ1) is 19.6. The molecule has 1 aliphatic rings. The fraction of sp³-hybridized carbons (Fsp3) is 0.344. The third-order valence-corrected chi connectivity index (χ3v) is 9.09. The number of rotatable bonds is 9. The predicted molar refractivity (Wildman–Crippen MR) is 159 cm³/mol. The first-order valence-electron chi connectivity index (χ1n) is 13.6. The van der Waals surface area contributed by atoms with E-state index in [-0.39, 0.29) is 29.5 Å². The van der Waals surface area contributed by atoms with E-state index in [0.717, 1.165) is 47.5 Å². The molecule has 1 aromatic heterocycles. The molecular weight excluding hydrogens is 567 g/mol. The number of likely N-dealkylation sites (N-methyl/N-ethyl adjacent to an activating group) is 1. The van der Waals surface area contributed by atoms with Gasteiger partial charge in [0.25, 0.3) is 0 Å². The van der Waals surface area contributed by atoms with Crippen molar-refractivity contribution < 1.29 is 17.9 Å². The van der Waals surface area contributed by atoms with Crippen molar-refractivity contribution in [3.63, 3.8) is 0 Å². The zero-order valence-electron chi connectivity index (χ0n) is 23.6. The van der Waals surface area contributed by atoms with Crippen LogP contribution in [-0.2, 0) is 17.6 Å². The minimum atomic E-state index is -0.706. The van der Waals surface area contributed by atoms with E-state index in [4.69, 9.17) is 21.3 Å². The minimum Gasteiger partial charge on any atom is -0.489 e. The molecule has 0 spiro atoms. The maximum Gasteiger partial charge on any atom is 0.173 e. The summed E-state index contributed by atoms with van der Waals surface area (Å²) in [5, 5.41) is 1.30. The van der Waals surface area contributed by atoms with Gasteiger partial charge in [0, 0.05) is 34.0 Å². The van der Waals surface area contributed by atoms with Crippen LogP contribution in [0.2, 0.25) is 5.02 Å². The van der Waals surface area contributed by atoms with Gasteiger partial charge in [-0.3, -0.25) is 4.57 Å². The summed E-state index contributed by atoms with van der Waals surface area (Å²) in [7, 11) is 3.79. The second-order valence-electron chi connectivity index (χ2n) is 10.9. The van der Waals surface area contributed by atoms with Crippen LogP contribution in [-0.4, -0.2) is 41.7 Å². The summed E-state index contributed by atoms with van der Waals surface area (Å²) in [6.45, 7) is 5.07. The molecule has 4 nitrogen and oxygen atoms in total. The van der Waals surface area contributed by atoms with E-state index < -0.39 is 17.0 Å². The number of hydrogen-bond donors (Lipinski definition) is 0. The number of ether oxygens (including phenoxy) is 1. The molecule has 41 heavy (non-hydrogen) atoms. The van der Waals surface area contributed by atoms with E-state index in [0.29, 0.717) is 16.7 Å². The molecule has 0 aliphatic heterocycles. The van der Waals surface area contributed by atoms with Gasteiger partial charge in [0.2, 0.25) is 0 Å². The molecule has 3 aromatic carbocycles. The Morgan fingerprint density at radius 3 is 2.54 bits per heavy atom. The standard InChI is InChI=1S/C32H33ClF3N3OS/c1-20-18-21(7-12-25(20)33)32(2)15-5-6-27-30(32)39(23-10-8-22(34)9-11-23)31(37-27)41-19-24-26(35)13-14-28(29(24)36)40-17-16-38(3)4/h7-14,18H,5-6,15-17,19H2,1-4H3. The highest BCUT2D eigenvalue weighted by molar-refractivity contribution is 7.98. The third kappa shape index (κ3) is 6.01. The summed E-state index contributed by atoms with van der Waals surface area (Å²) in [4.78, 5) is 6.93. The molecule has 0 amide bonds. The third-order valence-electron chi connectivity index (χ3n) is 7.70. The first kappa shape index (κ1) is 29.5. The van der Waals surface area contributed by atoms with Crippen molar-refractivity contribution in [2.45, 2.75) is 49.4 Å². The predicted octanol–water partition coefficient (Wildman–Crippen LogP) is 8.13. The quantitative estimate of drug-likeness (QED) is 0.182. The summed E-state index contributed by atoms with van der Waals surface area (Å²) < 4.78 is 51.9. The Balaban J connectivity index is 1.56. The number of nitrogens with zero attached hydrogens (tertiary/aromatic N) is 3. The highest BCUT2D eigenvalue weighted by Gasteiger charge is 2.39. The monoisotopic (exact) mass is 599 g/mol. The van der Waals surface area contributed by atoms with Gasteiger partial charge in [-0.15, -0.1) is 0 Å². The number of aromatic nitrogens is 2. The molecule has 0 radical (unpaired) electrons. The van der Waals surface area contributed by atoms with Gasteiger partial charge in [-0.2, -0.15) is 0 Å². The van der Waals surface area contributed by atoms with Crippen LogP contribution in [0.1, 0.15) is 47.8 Å². The maximum absolute atomic E-state index is 15.4. The van der Waals surface area contributed by atoms with Crippen molar-refractivity contribution >= 4 is 23.4 Å². The fourth-order valence-corrected chi connectivity index (χ4v) is 6.56. The number of imidazole rings is 1. The van der Waals surface area contributed by atoms with Crippen molar-refractivity contribution in [2.24, 2.45) is 0 Å². The first-order valence-corrected chi connectivity index (χ1v) is 15.0. The summed E-state index contributed by atoms with van der Waals surface area (Å²) >= 11 is 7.61. The molecule has 216 valence electrons. The van der Waals surface area contributed by atoms with Crippen LogP contribution in [0, 0.1) is 24.4 Å². The number of fused-ring (bicyclic) bond motifs is 1. The van der Waals surface area contributed by atoms with E-state index >= 15 is 4.39 Å². The summed E-state index contributed by atoms with van der Waals surface area (Å²) in [6.07, 6.45) is 2.59. The topological polar surface area (TPSA) is 30.3 Å². The highest BCUT2D eigenvalue weighted by atomic mass is 35.5. The average Bonchev–Trinajstić information content (AvgIpc) is 3.31. The Bertz CT molecular complexity index is 1560. The molecule has 1 aliphatic carbocycles. The number of thioether (sulfide) groups is 1. The normalized spacial score (nSPS) is 16.7. The molecule has 0 bridgehead atoms. The lowest BCUT2D eigenvalue weighted by Gasteiger charge is -2.36. The van der Waals surface area contributed by atoms with Gasteiger partial charge in [0.1, 0.15) is 18.2 Å². The molecule has 0 fully saturated rings. The van der Waals surface area contributed by atoms with Gasteiger partial charge in [-0.25, -0.2) is 18.2 Å². The van der Waals surface area contributed by atoms with Gasteiger partial charge in [0.15, 0.2) is 16.7 Å². The highest BCUT2D eigenvalue weighted by Crippen LogP contribution is 2.46. The van der Waals surface area contributed by atoms with Crippen molar-refractivity contribution in [1.29, 1.82) is 0 Å². The van der Waals surface area contributed by atoms with Crippen LogP contribution in [0.4, 0.5) is 13.2 Å². The summed E-state index contributed by atoms with van der Waals surface area (Å²) in [6, 6.07) is 14.9. The van der Waals surface area contributed by atoms with E-state index in [1.54, 1.807) is 12.1 Å². The molecule has 1 heterocycles. The maximum atomic E-state index is 15.4. The van der Waals surface area contributed by atoms with Crippen LogP contribution < -0.4 is 4.74 Å². The summed E-state index contributed by atoms with van der Waals surface area (Å²) in [5.41, 5.74) is 4.29. The van der Waals surface area contributed by atoms with E-state index in [2.05, 4.69) is 13.0 Å². The van der Waals surface area contributed by atoms with Crippen LogP contribution in [0.15, 0.2) is 59.8 Å². The van der Waals surface area contributed by atoms with Crippen molar-refractivity contribution in [1.82, 2.24) is 14.5 Å². The lowest BCUT2D eigenvalue weighted by molar-refractivity contribution is 0.251. The Kier molecular flexibility index (Phi) is 8.73. The van der Waals surface area contributed by atoms with E-state index in [9.17, 15) is 8.78 Å². The van der Waals surface area contributed by atoms with E-state index in [1.165, 1.54) is 36.0 Å². The molecule has 4 aromatic rings. The number of benzene rings is 3. The molecule has 9 heteroatoms. The number of aryl methyl sites for hydroxylation is 2. The second-order valence-corrected chi connectivity index (χ2v) is 12.3. The molecule has 0 N–H and O–H groups in total. The van der Waals surface area contributed by atoms with Gasteiger partial charge < -0.3 is 9.64 Å². The Labute approximate surface area is 248 Å². The Morgan fingerprint density at radius 2 is 1.83 bits per heavy atom. The summed E-state index contributed by atoms with van der Waals surface area (Å²) in [5.74, 6) is -1.65. The zero-order valence-corrected chi connectivity index (χ0v) is 25.2. The molecule has 5 rings (SSSR count). The second kappa shape index (κ2) is 12.1. The number of hydrogen-bond acceptors (Lipinski definition) is 4. The average molecular weight is 600 g/mol. The zero-order chi connectivity index (χ0) is 29.3. The molecule has 1 atom stereocenters. The van der Waals surface area contributed by atoms with Gasteiger partial charge in [0.05, 0.1) is 11.4 Å². The van der Waals surface area contributed by atoms with Crippen molar-refractivity contribution in [3.05, 3.63) is 105 Å². The number of halogens is 4. The van der Waals surface area contributed by atoms with Crippen LogP contribution in [0.5, 0.6) is 5.75 Å². The van der Waals surface area contributed by atoms with Gasteiger partial charge in [-0.05, 0) is 101 Å². The van der Waals surface area contributed by atoms with E-state index in [1.807, 2.05) is 42.6 Å². The molecule has 0 saturated heterocycles. The lowest BCUT2D eigenvalue weighted by atomic mass is 9.71. The van der Waals surface area contributed by atoms with Crippen molar-refractivity contribution in [2.75, 3.05) is 27.2 Å². The van der Waals surface area contributed by atoms with Crippen LogP contribution in [0.25, 0.3) is 5.69 Å². The van der Waals surface area contributed by atoms with Gasteiger partial charge in [-0.1, -0.05) is 35.5 Å². The Hall–Kier alpha value is -2.94. The lowest BCUT2D eigenvalue weighted by Crippen LogP contribution is -2.31. The van der Waals surface area contributed by atoms with Crippen LogP contribution >= 0.6 is 23.4 Å². The SMILES string of the molecule is Cc1cc(C2(C)CCCc3nc(SCc4c(F)ccc(OCCN(C)C)c4F)n(-c4ccc(F)cc4)c32)ccc1Cl. The smallest absolute Gasteiger partial charge is 0.173 e. The molecular formula is C32H33ClF3N3OS. The minimum absolute atomic E-state index is 0.0103. The van der Waals surface area contributed by atoms with Crippen LogP contribution in [0.3, 0.4) is 0 Å². The van der Waals surface area contributed by atoms with Crippen molar-refractivity contribution in [3.8, 4) is 11.4 Å². The molecule has 1 unspecified atom stereocenters. The largest absolute Gasteiger partial charge is 0.489 e. The fourth-order valence-electron chi connectivity index (χ4n) is 5.40.